The quantitative estimate of drug-likeness (QED) is 0.646. The van der Waals surface area contributed by atoms with E-state index in [9.17, 15) is 5.26 Å². The molecule has 0 bridgehead atoms. The molecule has 0 aliphatic heterocycles. The summed E-state index contributed by atoms with van der Waals surface area (Å²) in [6.07, 6.45) is 2.28. The Hall–Kier alpha value is -1.12. The van der Waals surface area contributed by atoms with E-state index >= 15 is 0 Å². The van der Waals surface area contributed by atoms with E-state index in [-0.39, 0.29) is 0 Å². The van der Waals surface area contributed by atoms with E-state index in [0.29, 0.717) is 17.7 Å². The monoisotopic (exact) mass is 304 g/mol. The van der Waals surface area contributed by atoms with Gasteiger partial charge in [0.05, 0.1) is 6.07 Å². The molecule has 1 aromatic rings. The predicted octanol–water partition coefficient (Wildman–Crippen LogP) is 3.16. The van der Waals surface area contributed by atoms with Crippen molar-refractivity contribution in [3.8, 4) is 6.07 Å². The first kappa shape index (κ1) is 16.3. The van der Waals surface area contributed by atoms with Crippen LogP contribution < -0.4 is 5.32 Å². The normalized spacial score (nSPS) is 17.6. The average Bonchev–Trinajstić information content (AvgIpc) is 3.25. The van der Waals surface area contributed by atoms with E-state index in [0.717, 1.165) is 34.9 Å². The summed E-state index contributed by atoms with van der Waals surface area (Å²) in [5, 5.41) is 14.0. The van der Waals surface area contributed by atoms with Crippen LogP contribution in [0.4, 0.5) is 0 Å². The number of thioether (sulfide) groups is 1. The van der Waals surface area contributed by atoms with Crippen LogP contribution in [-0.4, -0.2) is 27.3 Å². The number of aryl methyl sites for hydroxylation is 2. The molecule has 4 nitrogen and oxygen atoms in total. The lowest BCUT2D eigenvalue weighted by Crippen LogP contribution is -2.51. The Morgan fingerprint density at radius 1 is 1.29 bits per heavy atom. The van der Waals surface area contributed by atoms with Gasteiger partial charge >= 0.3 is 0 Å². The minimum absolute atomic E-state index is 0.299. The smallest absolute Gasteiger partial charge is 0.188 e. The van der Waals surface area contributed by atoms with Gasteiger partial charge in [0.25, 0.3) is 0 Å². The van der Waals surface area contributed by atoms with Gasteiger partial charge in [-0.15, -0.1) is 0 Å². The zero-order chi connectivity index (χ0) is 15.6. The number of nitriles is 1. The minimum atomic E-state index is -0.450. The van der Waals surface area contributed by atoms with E-state index in [4.69, 9.17) is 0 Å². The zero-order valence-electron chi connectivity index (χ0n) is 13.5. The van der Waals surface area contributed by atoms with Gasteiger partial charge in [-0.25, -0.2) is 9.97 Å². The van der Waals surface area contributed by atoms with E-state index in [2.05, 4.69) is 35.2 Å². The topological polar surface area (TPSA) is 61.6 Å². The lowest BCUT2D eigenvalue weighted by molar-refractivity contribution is 0.370. The molecule has 2 rings (SSSR count). The maximum Gasteiger partial charge on any atom is 0.188 e. The third-order valence-corrected chi connectivity index (χ3v) is 5.10. The number of aromatic nitrogens is 2. The third-order valence-electron chi connectivity index (χ3n) is 4.06. The van der Waals surface area contributed by atoms with Crippen LogP contribution in [0.3, 0.4) is 0 Å². The van der Waals surface area contributed by atoms with E-state index in [1.807, 2.05) is 20.8 Å². The molecule has 1 atom stereocenters. The average molecular weight is 304 g/mol. The predicted molar refractivity (Wildman–Crippen MR) is 86.3 cm³/mol. The molecule has 1 N–H and O–H groups in total. The molecule has 1 fully saturated rings. The molecule has 1 unspecified atom stereocenters. The Kier molecular flexibility index (Phi) is 4.90. The van der Waals surface area contributed by atoms with Crippen molar-refractivity contribution in [2.24, 2.45) is 5.92 Å². The summed E-state index contributed by atoms with van der Waals surface area (Å²) in [6, 6.07) is 2.83. The Morgan fingerprint density at radius 2 is 1.86 bits per heavy atom. The summed E-state index contributed by atoms with van der Waals surface area (Å²) in [6.45, 7) is 10.3. The zero-order valence-corrected chi connectivity index (χ0v) is 14.3. The molecule has 0 spiro atoms. The van der Waals surface area contributed by atoms with Crippen molar-refractivity contribution in [2.45, 2.75) is 64.2 Å². The van der Waals surface area contributed by atoms with Gasteiger partial charge in [-0.2, -0.15) is 5.26 Å². The van der Waals surface area contributed by atoms with Crippen molar-refractivity contribution in [3.63, 3.8) is 0 Å². The van der Waals surface area contributed by atoms with Crippen LogP contribution >= 0.6 is 11.8 Å². The Labute approximate surface area is 131 Å². The fourth-order valence-corrected chi connectivity index (χ4v) is 3.65. The second-order valence-electron chi connectivity index (χ2n) is 6.25. The molecule has 1 heterocycles. The lowest BCUT2D eigenvalue weighted by atomic mass is 9.96. The van der Waals surface area contributed by atoms with Crippen LogP contribution in [0.2, 0.25) is 0 Å². The van der Waals surface area contributed by atoms with Gasteiger partial charge in [0.1, 0.15) is 5.54 Å². The van der Waals surface area contributed by atoms with Crippen molar-refractivity contribution in [1.82, 2.24) is 15.3 Å². The SMILES string of the molecule is Cc1nc(SCC(C#N)(NC(C)C)C2CC2)nc(C)c1C. The number of hydrogen-bond donors (Lipinski definition) is 1. The van der Waals surface area contributed by atoms with Crippen LogP contribution in [0.1, 0.15) is 43.6 Å². The third kappa shape index (κ3) is 3.75. The highest BCUT2D eigenvalue weighted by atomic mass is 32.2. The van der Waals surface area contributed by atoms with Gasteiger partial charge in [-0.05, 0) is 58.9 Å². The summed E-state index contributed by atoms with van der Waals surface area (Å²) in [4.78, 5) is 9.09. The van der Waals surface area contributed by atoms with Gasteiger partial charge in [0, 0.05) is 23.2 Å². The van der Waals surface area contributed by atoms with Crippen molar-refractivity contribution in [1.29, 1.82) is 5.26 Å². The van der Waals surface area contributed by atoms with Crippen molar-refractivity contribution < 1.29 is 0 Å². The molecule has 1 saturated carbocycles. The van der Waals surface area contributed by atoms with Crippen LogP contribution in [0.5, 0.6) is 0 Å². The summed E-state index contributed by atoms with van der Waals surface area (Å²) in [5.41, 5.74) is 2.74. The van der Waals surface area contributed by atoms with Crippen LogP contribution in [0.15, 0.2) is 5.16 Å². The molecule has 5 heteroatoms. The van der Waals surface area contributed by atoms with Gasteiger partial charge < -0.3 is 0 Å². The molecule has 0 saturated heterocycles. The van der Waals surface area contributed by atoms with Gasteiger partial charge in [0.15, 0.2) is 5.16 Å². The Bertz CT molecular complexity index is 537. The summed E-state index contributed by atoms with van der Waals surface area (Å²) in [7, 11) is 0. The van der Waals surface area contributed by atoms with Gasteiger partial charge in [-0.1, -0.05) is 11.8 Å². The maximum absolute atomic E-state index is 9.70. The summed E-state index contributed by atoms with van der Waals surface area (Å²) >= 11 is 1.59. The number of hydrogen-bond acceptors (Lipinski definition) is 5. The number of rotatable bonds is 6. The molecular weight excluding hydrogens is 280 g/mol. The Balaban J connectivity index is 2.14. The molecule has 21 heavy (non-hydrogen) atoms. The molecule has 114 valence electrons. The van der Waals surface area contributed by atoms with Crippen molar-refractivity contribution >= 4 is 11.8 Å². The molecule has 1 aromatic heterocycles. The highest BCUT2D eigenvalue weighted by molar-refractivity contribution is 7.99. The second kappa shape index (κ2) is 6.33. The van der Waals surface area contributed by atoms with Crippen LogP contribution in [0, 0.1) is 38.0 Å². The highest BCUT2D eigenvalue weighted by Gasteiger charge is 2.46. The van der Waals surface area contributed by atoms with E-state index in [1.165, 1.54) is 0 Å². The molecular formula is C16H24N4S. The lowest BCUT2D eigenvalue weighted by Gasteiger charge is -2.29. The summed E-state index contributed by atoms with van der Waals surface area (Å²) < 4.78 is 0. The highest BCUT2D eigenvalue weighted by Crippen LogP contribution is 2.42. The molecule has 0 aromatic carbocycles. The molecule has 0 radical (unpaired) electrons. The van der Waals surface area contributed by atoms with Gasteiger partial charge in [-0.3, -0.25) is 5.32 Å². The number of nitrogens with zero attached hydrogens (tertiary/aromatic N) is 3. The first-order valence-corrected chi connectivity index (χ1v) is 8.50. The standard InChI is InChI=1S/C16H24N4S/c1-10(2)20-16(8-17,14-6-7-14)9-21-15-18-12(4)11(3)13(5)19-15/h10,14,20H,6-7,9H2,1-5H3. The second-order valence-corrected chi connectivity index (χ2v) is 7.19. The van der Waals surface area contributed by atoms with Crippen LogP contribution in [0.25, 0.3) is 0 Å². The number of nitrogens with one attached hydrogen (secondary N) is 1. The first-order chi connectivity index (χ1) is 9.88. The summed E-state index contributed by atoms with van der Waals surface area (Å²) in [5.74, 6) is 1.17. The van der Waals surface area contributed by atoms with E-state index in [1.54, 1.807) is 11.8 Å². The Morgan fingerprint density at radius 3 is 2.29 bits per heavy atom. The molecule has 1 aliphatic rings. The maximum atomic E-state index is 9.70. The van der Waals surface area contributed by atoms with Crippen LogP contribution in [-0.2, 0) is 0 Å². The van der Waals surface area contributed by atoms with Crippen molar-refractivity contribution in [3.05, 3.63) is 17.0 Å². The molecule has 1 aliphatic carbocycles. The van der Waals surface area contributed by atoms with E-state index < -0.39 is 5.54 Å². The fraction of sp³-hybridized carbons (Fsp3) is 0.688. The minimum Gasteiger partial charge on any atom is -0.296 e. The fourth-order valence-electron chi connectivity index (χ4n) is 2.51. The molecule has 0 amide bonds. The first-order valence-electron chi connectivity index (χ1n) is 7.51. The van der Waals surface area contributed by atoms with Crippen molar-refractivity contribution in [2.75, 3.05) is 5.75 Å². The van der Waals surface area contributed by atoms with Gasteiger partial charge in [0.2, 0.25) is 0 Å². The largest absolute Gasteiger partial charge is 0.296 e.